The van der Waals surface area contributed by atoms with Gasteiger partial charge in [0.05, 0.1) is 19.2 Å². The van der Waals surface area contributed by atoms with Crippen molar-refractivity contribution in [1.82, 2.24) is 19.7 Å². The van der Waals surface area contributed by atoms with Gasteiger partial charge in [0, 0.05) is 43.7 Å². The first kappa shape index (κ1) is 18.3. The summed E-state index contributed by atoms with van der Waals surface area (Å²) < 4.78 is 12.7. The molecule has 2 aliphatic heterocycles. The van der Waals surface area contributed by atoms with Crippen molar-refractivity contribution < 1.29 is 14.3 Å². The van der Waals surface area contributed by atoms with Crippen molar-refractivity contribution in [3.8, 4) is 5.75 Å². The molecule has 3 heterocycles. The Balaban J connectivity index is 1.48. The van der Waals surface area contributed by atoms with Crippen LogP contribution < -0.4 is 4.74 Å². The molecule has 144 valence electrons. The van der Waals surface area contributed by atoms with Gasteiger partial charge in [0.2, 0.25) is 0 Å². The summed E-state index contributed by atoms with van der Waals surface area (Å²) in [6.07, 6.45) is 2.64. The second kappa shape index (κ2) is 7.86. The van der Waals surface area contributed by atoms with E-state index in [4.69, 9.17) is 31.2 Å². The van der Waals surface area contributed by atoms with Gasteiger partial charge in [-0.15, -0.1) is 0 Å². The second-order valence-electron chi connectivity index (χ2n) is 6.88. The van der Waals surface area contributed by atoms with E-state index >= 15 is 0 Å². The normalized spacial score (nSPS) is 18.1. The number of hydrogen-bond donors (Lipinski definition) is 0. The lowest BCUT2D eigenvalue weighted by molar-refractivity contribution is 0.0753. The fraction of sp³-hybridized carbons (Fsp3) is 0.526. The molecule has 0 bridgehead atoms. The van der Waals surface area contributed by atoms with Crippen LogP contribution >= 0.6 is 11.6 Å². The predicted molar refractivity (Wildman–Crippen MR) is 100 cm³/mol. The number of ether oxygens (including phenoxy) is 2. The highest BCUT2D eigenvalue weighted by atomic mass is 35.5. The highest BCUT2D eigenvalue weighted by Crippen LogP contribution is 2.26. The minimum Gasteiger partial charge on any atom is -0.496 e. The highest BCUT2D eigenvalue weighted by molar-refractivity contribution is 6.31. The Bertz CT molecular complexity index is 807. The first-order valence-corrected chi connectivity index (χ1v) is 9.67. The van der Waals surface area contributed by atoms with Crippen LogP contribution in [0.5, 0.6) is 5.75 Å². The summed E-state index contributed by atoms with van der Waals surface area (Å²) in [7, 11) is 1.56. The molecule has 1 saturated heterocycles. The molecule has 0 spiro atoms. The molecule has 8 heteroatoms. The topological polar surface area (TPSA) is 69.5 Å². The standard InChI is InChI=1S/C19H23ClN4O3/c1-26-16-3-2-14(20)12-15(16)19(25)23-7-4-17-21-18(22-24(17)9-8-23)13-5-10-27-11-6-13/h2-3,12-13H,4-11H2,1H3. The van der Waals surface area contributed by atoms with E-state index in [0.29, 0.717) is 48.3 Å². The minimum atomic E-state index is -0.0789. The zero-order valence-corrected chi connectivity index (χ0v) is 16.1. The minimum absolute atomic E-state index is 0.0789. The fourth-order valence-corrected chi connectivity index (χ4v) is 3.84. The number of carbonyl (C=O) groups excluding carboxylic acids is 1. The Kier molecular flexibility index (Phi) is 5.31. The molecule has 1 aromatic heterocycles. The van der Waals surface area contributed by atoms with Gasteiger partial charge in [-0.3, -0.25) is 4.79 Å². The molecular formula is C19H23ClN4O3. The number of benzene rings is 1. The van der Waals surface area contributed by atoms with E-state index in [-0.39, 0.29) is 5.91 Å². The average molecular weight is 391 g/mol. The van der Waals surface area contributed by atoms with Crippen LogP contribution in [0.4, 0.5) is 0 Å². The van der Waals surface area contributed by atoms with Gasteiger partial charge in [-0.1, -0.05) is 11.6 Å². The molecule has 1 fully saturated rings. The molecule has 0 atom stereocenters. The first-order chi connectivity index (χ1) is 13.2. The molecule has 27 heavy (non-hydrogen) atoms. The van der Waals surface area contributed by atoms with Crippen LogP contribution in [-0.2, 0) is 17.7 Å². The van der Waals surface area contributed by atoms with Crippen LogP contribution in [0.1, 0.15) is 40.8 Å². The lowest BCUT2D eigenvalue weighted by atomic mass is 10.00. The molecule has 0 radical (unpaired) electrons. The van der Waals surface area contributed by atoms with Crippen LogP contribution in [-0.4, -0.2) is 59.0 Å². The van der Waals surface area contributed by atoms with E-state index in [2.05, 4.69) is 0 Å². The van der Waals surface area contributed by atoms with Crippen LogP contribution in [0, 0.1) is 0 Å². The fourth-order valence-electron chi connectivity index (χ4n) is 3.67. The van der Waals surface area contributed by atoms with E-state index < -0.39 is 0 Å². The molecule has 4 rings (SSSR count). The molecule has 7 nitrogen and oxygen atoms in total. The maximum atomic E-state index is 13.0. The van der Waals surface area contributed by atoms with Crippen molar-refractivity contribution in [3.63, 3.8) is 0 Å². The zero-order valence-electron chi connectivity index (χ0n) is 15.4. The number of aromatic nitrogens is 3. The molecule has 0 saturated carbocycles. The molecule has 0 aliphatic carbocycles. The number of methoxy groups -OCH3 is 1. The van der Waals surface area contributed by atoms with Crippen molar-refractivity contribution in [2.24, 2.45) is 0 Å². The van der Waals surface area contributed by atoms with Crippen LogP contribution in [0.3, 0.4) is 0 Å². The van der Waals surface area contributed by atoms with Gasteiger partial charge in [-0.2, -0.15) is 5.10 Å². The van der Waals surface area contributed by atoms with Crippen molar-refractivity contribution in [3.05, 3.63) is 40.4 Å². The Morgan fingerprint density at radius 1 is 1.26 bits per heavy atom. The number of carbonyl (C=O) groups is 1. The quantitative estimate of drug-likeness (QED) is 0.805. The van der Waals surface area contributed by atoms with E-state index in [9.17, 15) is 4.79 Å². The smallest absolute Gasteiger partial charge is 0.257 e. The Hall–Kier alpha value is -2.12. The summed E-state index contributed by atoms with van der Waals surface area (Å²) in [4.78, 5) is 19.6. The largest absolute Gasteiger partial charge is 0.496 e. The van der Waals surface area contributed by atoms with Crippen molar-refractivity contribution in [2.45, 2.75) is 31.7 Å². The van der Waals surface area contributed by atoms with Gasteiger partial charge in [0.15, 0.2) is 5.82 Å². The maximum absolute atomic E-state index is 13.0. The lowest BCUT2D eigenvalue weighted by Gasteiger charge is -2.21. The third kappa shape index (κ3) is 3.80. The van der Waals surface area contributed by atoms with E-state index in [1.807, 2.05) is 9.58 Å². The molecule has 1 amide bonds. The number of fused-ring (bicyclic) bond motifs is 1. The Labute approximate surface area is 163 Å². The number of halogens is 1. The predicted octanol–water partition coefficient (Wildman–Crippen LogP) is 2.53. The third-order valence-electron chi connectivity index (χ3n) is 5.22. The van der Waals surface area contributed by atoms with Gasteiger partial charge in [0.25, 0.3) is 5.91 Å². The van der Waals surface area contributed by atoms with Gasteiger partial charge >= 0.3 is 0 Å². The summed E-state index contributed by atoms with van der Waals surface area (Å²) >= 11 is 6.08. The summed E-state index contributed by atoms with van der Waals surface area (Å²) in [5.41, 5.74) is 0.486. The van der Waals surface area contributed by atoms with E-state index in [1.54, 1.807) is 25.3 Å². The monoisotopic (exact) mass is 390 g/mol. The number of nitrogens with zero attached hydrogens (tertiary/aromatic N) is 4. The third-order valence-corrected chi connectivity index (χ3v) is 5.45. The number of hydrogen-bond acceptors (Lipinski definition) is 5. The molecule has 2 aliphatic rings. The molecule has 0 N–H and O–H groups in total. The molecule has 0 unspecified atom stereocenters. The first-order valence-electron chi connectivity index (χ1n) is 9.30. The van der Waals surface area contributed by atoms with E-state index in [1.165, 1.54) is 0 Å². The molecular weight excluding hydrogens is 368 g/mol. The van der Waals surface area contributed by atoms with Crippen LogP contribution in [0.25, 0.3) is 0 Å². The van der Waals surface area contributed by atoms with Gasteiger partial charge in [0.1, 0.15) is 11.6 Å². The Morgan fingerprint density at radius 2 is 2.07 bits per heavy atom. The molecule has 1 aromatic carbocycles. The summed E-state index contributed by atoms with van der Waals surface area (Å²) in [5, 5.41) is 5.23. The SMILES string of the molecule is COc1ccc(Cl)cc1C(=O)N1CCc2nc(C3CCOCC3)nn2CC1. The maximum Gasteiger partial charge on any atom is 0.257 e. The number of rotatable bonds is 3. The summed E-state index contributed by atoms with van der Waals surface area (Å²) in [6, 6.07) is 5.10. The summed E-state index contributed by atoms with van der Waals surface area (Å²) in [5.74, 6) is 2.71. The second-order valence-corrected chi connectivity index (χ2v) is 7.32. The lowest BCUT2D eigenvalue weighted by Crippen LogP contribution is -2.34. The summed E-state index contributed by atoms with van der Waals surface area (Å²) in [6.45, 7) is 3.37. The zero-order chi connectivity index (χ0) is 18.8. The Morgan fingerprint density at radius 3 is 2.85 bits per heavy atom. The van der Waals surface area contributed by atoms with Gasteiger partial charge < -0.3 is 14.4 Å². The van der Waals surface area contributed by atoms with E-state index in [0.717, 1.165) is 37.7 Å². The number of amides is 1. The van der Waals surface area contributed by atoms with Gasteiger partial charge in [-0.05, 0) is 31.0 Å². The highest BCUT2D eigenvalue weighted by Gasteiger charge is 2.26. The van der Waals surface area contributed by atoms with Crippen molar-refractivity contribution >= 4 is 17.5 Å². The van der Waals surface area contributed by atoms with Gasteiger partial charge in [-0.25, -0.2) is 9.67 Å². The molecule has 2 aromatic rings. The van der Waals surface area contributed by atoms with Crippen LogP contribution in [0.2, 0.25) is 5.02 Å². The van der Waals surface area contributed by atoms with Crippen molar-refractivity contribution in [2.75, 3.05) is 33.4 Å². The van der Waals surface area contributed by atoms with Crippen molar-refractivity contribution in [1.29, 1.82) is 0 Å². The van der Waals surface area contributed by atoms with Crippen LogP contribution in [0.15, 0.2) is 18.2 Å². The average Bonchev–Trinajstić information content (AvgIpc) is 3.01.